The number of anilines is 1. The average molecular weight is 504 g/mol. The van der Waals surface area contributed by atoms with Crippen molar-refractivity contribution < 1.29 is 24.5 Å². The summed E-state index contributed by atoms with van der Waals surface area (Å²) in [4.78, 5) is 37.2. The molecule has 0 unspecified atom stereocenters. The highest BCUT2D eigenvalue weighted by atomic mass is 16.5. The second-order valence-corrected chi connectivity index (χ2v) is 8.50. The molecule has 2 aromatic carbocycles. The second kappa shape index (κ2) is 10.3. The number of carbonyl (C=O) groups excluding carboxylic acids is 1. The highest BCUT2D eigenvalue weighted by molar-refractivity contribution is 6.28. The van der Waals surface area contributed by atoms with Crippen LogP contribution in [0.3, 0.4) is 0 Å². The Labute approximate surface area is 211 Å². The summed E-state index contributed by atoms with van der Waals surface area (Å²) < 4.78 is 12.4. The first-order valence-corrected chi connectivity index (χ1v) is 11.6. The molecule has 0 bridgehead atoms. The van der Waals surface area contributed by atoms with Crippen molar-refractivity contribution in [3.63, 3.8) is 0 Å². The van der Waals surface area contributed by atoms with Gasteiger partial charge in [0.25, 0.3) is 11.5 Å². The van der Waals surface area contributed by atoms with Gasteiger partial charge in [0, 0.05) is 12.0 Å². The molecule has 11 heteroatoms. The molecular formula is C26H25N5O6. The van der Waals surface area contributed by atoms with Gasteiger partial charge in [0.05, 0.1) is 26.1 Å². The Morgan fingerprint density at radius 3 is 2.68 bits per heavy atom. The number of nitrogens with zero attached hydrogens (tertiary/aromatic N) is 3. The molecule has 0 aliphatic carbocycles. The molecule has 1 amide bonds. The number of benzene rings is 2. The normalized spacial score (nSPS) is 19.8. The number of aromatic amines is 1. The molecule has 1 aliphatic heterocycles. The zero-order chi connectivity index (χ0) is 25.9. The van der Waals surface area contributed by atoms with Gasteiger partial charge in [0.15, 0.2) is 11.2 Å². The Bertz CT molecular complexity index is 1500. The van der Waals surface area contributed by atoms with Crippen molar-refractivity contribution in [2.75, 3.05) is 19.0 Å². The summed E-state index contributed by atoms with van der Waals surface area (Å²) in [5.41, 5.74) is 1.48. The van der Waals surface area contributed by atoms with Gasteiger partial charge in [-0.25, -0.2) is 4.98 Å². The van der Waals surface area contributed by atoms with Crippen molar-refractivity contribution in [3.8, 4) is 5.75 Å². The largest absolute Gasteiger partial charge is 0.497 e. The molecule has 11 nitrogen and oxygen atoms in total. The van der Waals surface area contributed by atoms with Gasteiger partial charge in [-0.2, -0.15) is 4.98 Å². The van der Waals surface area contributed by atoms with E-state index in [0.29, 0.717) is 16.9 Å². The zero-order valence-electron chi connectivity index (χ0n) is 19.9. The lowest BCUT2D eigenvalue weighted by atomic mass is 10.0. The maximum Gasteiger partial charge on any atom is 0.280 e. The molecule has 4 N–H and O–H groups in total. The van der Waals surface area contributed by atoms with Crippen molar-refractivity contribution in [3.05, 3.63) is 82.4 Å². The van der Waals surface area contributed by atoms with Gasteiger partial charge < -0.3 is 19.7 Å². The lowest BCUT2D eigenvalue weighted by Gasteiger charge is -2.14. The first kappa shape index (κ1) is 24.4. The van der Waals surface area contributed by atoms with E-state index in [4.69, 9.17) is 9.47 Å². The van der Waals surface area contributed by atoms with E-state index in [1.165, 1.54) is 10.9 Å². The molecule has 37 heavy (non-hydrogen) atoms. The minimum absolute atomic E-state index is 0.0544. The lowest BCUT2D eigenvalue weighted by Crippen LogP contribution is -2.24. The molecule has 1 aliphatic rings. The molecule has 190 valence electrons. The highest BCUT2D eigenvalue weighted by Crippen LogP contribution is 2.30. The van der Waals surface area contributed by atoms with E-state index in [1.807, 2.05) is 30.3 Å². The van der Waals surface area contributed by atoms with E-state index in [1.54, 1.807) is 37.5 Å². The molecular weight excluding hydrogens is 478 g/mol. The van der Waals surface area contributed by atoms with Crippen LogP contribution in [0.2, 0.25) is 0 Å². The van der Waals surface area contributed by atoms with Gasteiger partial charge >= 0.3 is 0 Å². The molecule has 0 saturated carbocycles. The predicted octanol–water partition coefficient (Wildman–Crippen LogP) is 1.95. The number of aromatic nitrogens is 4. The monoisotopic (exact) mass is 503 g/mol. The molecule has 4 aromatic rings. The van der Waals surface area contributed by atoms with Crippen LogP contribution in [0.1, 0.15) is 23.8 Å². The standard InChI is InChI=1S/C26H25N5O6/c1-36-17-9-7-16(8-10-17)18(11-15-5-3-2-4-6-15)24(34)29-26-28-23-22(25(35)30-26)27-14-31(23)21-12-19(33)20(13-32)37-21/h2-11,14,19-21,32-33H,12-13H2,1H3,(H2,28,29,30,34,35)/b18-11+/t19-,20+,21+/m0/s1. The van der Waals surface area contributed by atoms with Crippen molar-refractivity contribution in [1.82, 2.24) is 19.5 Å². The van der Waals surface area contributed by atoms with E-state index in [-0.39, 0.29) is 30.1 Å². The van der Waals surface area contributed by atoms with Crippen molar-refractivity contribution in [2.24, 2.45) is 0 Å². The highest BCUT2D eigenvalue weighted by Gasteiger charge is 2.35. The summed E-state index contributed by atoms with van der Waals surface area (Å²) >= 11 is 0. The van der Waals surface area contributed by atoms with Gasteiger partial charge in [-0.1, -0.05) is 42.5 Å². The number of imidazole rings is 1. The topological polar surface area (TPSA) is 152 Å². The number of nitrogens with one attached hydrogen (secondary N) is 2. The van der Waals surface area contributed by atoms with Gasteiger partial charge in [-0.05, 0) is 29.3 Å². The van der Waals surface area contributed by atoms with Crippen molar-refractivity contribution >= 4 is 34.7 Å². The number of hydrogen-bond acceptors (Lipinski definition) is 8. The Morgan fingerprint density at radius 1 is 1.24 bits per heavy atom. The molecule has 1 fully saturated rings. The number of hydrogen-bond donors (Lipinski definition) is 4. The van der Waals surface area contributed by atoms with Crippen LogP contribution in [0.15, 0.2) is 65.7 Å². The number of ether oxygens (including phenoxy) is 2. The Hall–Kier alpha value is -4.32. The molecule has 3 atom stereocenters. The van der Waals surface area contributed by atoms with E-state index >= 15 is 0 Å². The maximum absolute atomic E-state index is 13.4. The van der Waals surface area contributed by atoms with Gasteiger partial charge in [0.1, 0.15) is 18.1 Å². The van der Waals surface area contributed by atoms with Crippen LogP contribution in [0.25, 0.3) is 22.8 Å². The maximum atomic E-state index is 13.4. The summed E-state index contributed by atoms with van der Waals surface area (Å²) in [6.45, 7) is -0.346. The summed E-state index contributed by atoms with van der Waals surface area (Å²) in [5.74, 6) is 0.0834. The van der Waals surface area contributed by atoms with Crippen LogP contribution in [0.4, 0.5) is 5.95 Å². The number of rotatable bonds is 7. The van der Waals surface area contributed by atoms with Crippen LogP contribution < -0.4 is 15.6 Å². The van der Waals surface area contributed by atoms with Gasteiger partial charge in [-0.15, -0.1) is 0 Å². The van der Waals surface area contributed by atoms with Crippen LogP contribution >= 0.6 is 0 Å². The van der Waals surface area contributed by atoms with Crippen LogP contribution in [0.5, 0.6) is 5.75 Å². The number of methoxy groups -OCH3 is 1. The Morgan fingerprint density at radius 2 is 2.00 bits per heavy atom. The third-order valence-electron chi connectivity index (χ3n) is 6.11. The first-order valence-electron chi connectivity index (χ1n) is 11.6. The van der Waals surface area contributed by atoms with E-state index in [0.717, 1.165) is 5.56 Å². The fourth-order valence-electron chi connectivity index (χ4n) is 4.19. The quantitative estimate of drug-likeness (QED) is 0.221. The Balaban J connectivity index is 1.49. The fraction of sp³-hybridized carbons (Fsp3) is 0.231. The van der Waals surface area contributed by atoms with Crippen LogP contribution in [-0.4, -0.2) is 61.6 Å². The summed E-state index contributed by atoms with van der Waals surface area (Å²) in [7, 11) is 1.56. The second-order valence-electron chi connectivity index (χ2n) is 8.50. The molecule has 3 heterocycles. The number of aliphatic hydroxyl groups is 2. The predicted molar refractivity (Wildman–Crippen MR) is 136 cm³/mol. The van der Waals surface area contributed by atoms with E-state index in [9.17, 15) is 19.8 Å². The van der Waals surface area contributed by atoms with E-state index in [2.05, 4.69) is 20.3 Å². The first-order chi connectivity index (χ1) is 18.0. The molecule has 0 radical (unpaired) electrons. The molecule has 0 spiro atoms. The summed E-state index contributed by atoms with van der Waals surface area (Å²) in [5, 5.41) is 22.2. The van der Waals surface area contributed by atoms with Crippen LogP contribution in [0, 0.1) is 0 Å². The summed E-state index contributed by atoms with van der Waals surface area (Å²) in [6, 6.07) is 16.4. The number of amides is 1. The number of carbonyl (C=O) groups is 1. The van der Waals surface area contributed by atoms with Crippen molar-refractivity contribution in [1.29, 1.82) is 0 Å². The fourth-order valence-corrected chi connectivity index (χ4v) is 4.19. The Kier molecular flexibility index (Phi) is 6.82. The number of fused-ring (bicyclic) bond motifs is 1. The third-order valence-corrected chi connectivity index (χ3v) is 6.11. The SMILES string of the molecule is COc1ccc(/C(=C\c2ccccc2)C(=O)Nc2nc3c(ncn3[C@H]3C[C@H](O)[C@@H](CO)O3)c(=O)[nH]2)cc1. The summed E-state index contributed by atoms with van der Waals surface area (Å²) in [6.07, 6.45) is 1.01. The van der Waals surface area contributed by atoms with Crippen molar-refractivity contribution in [2.45, 2.75) is 24.9 Å². The van der Waals surface area contributed by atoms with E-state index < -0.39 is 29.9 Å². The number of H-pyrrole nitrogens is 1. The van der Waals surface area contributed by atoms with Gasteiger partial charge in [0.2, 0.25) is 5.95 Å². The minimum atomic E-state index is -0.871. The minimum Gasteiger partial charge on any atom is -0.497 e. The zero-order valence-corrected chi connectivity index (χ0v) is 19.9. The average Bonchev–Trinajstić information content (AvgIpc) is 3.51. The molecule has 2 aromatic heterocycles. The number of aliphatic hydroxyl groups excluding tert-OH is 2. The lowest BCUT2D eigenvalue weighted by molar-refractivity contribution is -0.111. The molecule has 5 rings (SSSR count). The van der Waals surface area contributed by atoms with Gasteiger partial charge in [-0.3, -0.25) is 24.5 Å². The third kappa shape index (κ3) is 5.00. The molecule has 1 saturated heterocycles. The smallest absolute Gasteiger partial charge is 0.280 e. The van der Waals surface area contributed by atoms with Crippen LogP contribution in [-0.2, 0) is 9.53 Å².